The van der Waals surface area contributed by atoms with E-state index in [0.29, 0.717) is 0 Å². The van der Waals surface area contributed by atoms with Crippen LogP contribution in [0.4, 0.5) is 0 Å². The van der Waals surface area contributed by atoms with Gasteiger partial charge in [-0.2, -0.15) is 0 Å². The number of hydrogen-bond acceptors (Lipinski definition) is 0. The van der Waals surface area contributed by atoms with Gasteiger partial charge in [0.15, 0.2) is 0 Å². The summed E-state index contributed by atoms with van der Waals surface area (Å²) in [6.07, 6.45) is 8.66. The van der Waals surface area contributed by atoms with Crippen LogP contribution in [0.2, 0.25) is 0 Å². The van der Waals surface area contributed by atoms with Crippen molar-refractivity contribution in [2.24, 2.45) is 0 Å². The predicted octanol–water partition coefficient (Wildman–Crippen LogP) is 4.65. The number of hydrogen-bond donors (Lipinski definition) is 0. The van der Waals surface area contributed by atoms with E-state index in [1.807, 2.05) is 0 Å². The second-order valence-corrected chi connectivity index (χ2v) is 4.66. The summed E-state index contributed by atoms with van der Waals surface area (Å²) < 4.78 is 2.67. The number of alkyl halides is 2. The topological polar surface area (TPSA) is 0 Å². The van der Waals surface area contributed by atoms with Crippen LogP contribution in [0.3, 0.4) is 0 Å². The molecule has 0 N–H and O–H groups in total. The zero-order valence-electron chi connectivity index (χ0n) is 7.71. The molecule has 0 amide bonds. The molecule has 0 fully saturated rings. The fourth-order valence-corrected chi connectivity index (χ4v) is 1.97. The Bertz CT molecular complexity index is 52.5. The molecule has 0 nitrogen and oxygen atoms in total. The molecule has 0 heterocycles. The van der Waals surface area contributed by atoms with Crippen LogP contribution in [0.25, 0.3) is 0 Å². The SMILES string of the molecule is ICCCCCCCCI.[CH3-].[Es]. The van der Waals surface area contributed by atoms with E-state index in [-0.39, 0.29) is 7.43 Å². The van der Waals surface area contributed by atoms with Gasteiger partial charge in [0.2, 0.25) is 0 Å². The first-order valence-electron chi connectivity index (χ1n) is 4.03. The Morgan fingerprint density at radius 1 is 0.583 bits per heavy atom. The van der Waals surface area contributed by atoms with E-state index >= 15 is 0 Å². The normalized spacial score (nSPS) is 8.50. The molecule has 0 saturated carbocycles. The number of halogens is 2. The summed E-state index contributed by atoms with van der Waals surface area (Å²) in [6.45, 7) is 0. The Balaban J connectivity index is -0.000000405. The largest absolute Gasteiger partial charge is 0.358 e. The summed E-state index contributed by atoms with van der Waals surface area (Å²) in [7, 11) is 0. The van der Waals surface area contributed by atoms with Crippen LogP contribution >= 0.6 is 45.2 Å². The van der Waals surface area contributed by atoms with Gasteiger partial charge in [-0.05, 0) is 21.7 Å². The second-order valence-electron chi connectivity index (χ2n) is 2.50. The van der Waals surface area contributed by atoms with Gasteiger partial charge in [-0.1, -0.05) is 70.9 Å². The number of rotatable bonds is 7. The summed E-state index contributed by atoms with van der Waals surface area (Å²) in [4.78, 5) is 0. The van der Waals surface area contributed by atoms with Crippen LogP contribution in [0, 0.1) is 7.43 Å². The Morgan fingerprint density at radius 3 is 1.08 bits per heavy atom. The summed E-state index contributed by atoms with van der Waals surface area (Å²) >= 11 is 4.91. The van der Waals surface area contributed by atoms with Gasteiger partial charge in [-0.15, -0.1) is 0 Å². The maximum Gasteiger partial charge on any atom is 0 e. The Kier molecular flexibility index (Phi) is 26.7. The van der Waals surface area contributed by atoms with E-state index in [1.54, 1.807) is 0 Å². The van der Waals surface area contributed by atoms with Gasteiger partial charge in [0.05, 0.1) is 0 Å². The zero-order chi connectivity index (χ0) is 7.66. The molecule has 0 atom stereocenters. The molecule has 0 rings (SSSR count). The summed E-state index contributed by atoms with van der Waals surface area (Å²) in [5.41, 5.74) is 0. The minimum absolute atomic E-state index is 0. The van der Waals surface area contributed by atoms with E-state index in [4.69, 9.17) is 0 Å². The van der Waals surface area contributed by atoms with Crippen molar-refractivity contribution < 1.29 is 0 Å². The fraction of sp³-hybridized carbons (Fsp3) is 0.889. The van der Waals surface area contributed by atoms with Gasteiger partial charge in [0, 0.05) is 0 Å². The third kappa shape index (κ3) is 16.8. The molecule has 0 spiro atoms. The van der Waals surface area contributed by atoms with Crippen LogP contribution < -0.4 is 0 Å². The minimum atomic E-state index is 0. The molecule has 0 aliphatic carbocycles. The van der Waals surface area contributed by atoms with Crippen molar-refractivity contribution >= 4 is 45.2 Å². The van der Waals surface area contributed by atoms with E-state index in [0.717, 1.165) is 0 Å². The van der Waals surface area contributed by atoms with Gasteiger partial charge >= 0.3 is 0 Å². The Hall–Kier alpha value is 0.460. The van der Waals surface area contributed by atoms with Crippen molar-refractivity contribution in [3.8, 4) is 0 Å². The Labute approximate surface area is 99.2 Å². The van der Waals surface area contributed by atoms with Crippen molar-refractivity contribution in [1.82, 2.24) is 0 Å². The van der Waals surface area contributed by atoms with Crippen LogP contribution in [-0.2, 0) is 0 Å². The smallest absolute Gasteiger partial charge is 0 e. The molecule has 12 heavy (non-hydrogen) atoms. The average molecular weight is 633 g/mol. The maximum atomic E-state index is 2.45. The molecule has 0 aliphatic heterocycles. The summed E-state index contributed by atoms with van der Waals surface area (Å²) in [6, 6.07) is 0. The maximum absolute atomic E-state index is 2.45. The first kappa shape index (κ1) is 18.3. The van der Waals surface area contributed by atoms with Gasteiger partial charge in [0.1, 0.15) is 0 Å². The summed E-state index contributed by atoms with van der Waals surface area (Å²) in [5.74, 6) is 0. The molecular formula is C9H19EsI2-. The van der Waals surface area contributed by atoms with Crippen LogP contribution in [0.5, 0.6) is 0 Å². The molecule has 0 aromatic heterocycles. The van der Waals surface area contributed by atoms with Crippen LogP contribution in [-0.4, -0.2) is 8.86 Å². The standard InChI is InChI=1S/C8H16I2.CH3.Es/c9-7-5-3-1-2-4-6-8-10;;/h1-8H2;1H3;/q;-1;. The van der Waals surface area contributed by atoms with Gasteiger partial charge < -0.3 is 7.43 Å². The fourth-order valence-electron chi connectivity index (χ4n) is 0.896. The van der Waals surface area contributed by atoms with Crippen molar-refractivity contribution in [2.45, 2.75) is 38.5 Å². The van der Waals surface area contributed by atoms with Crippen molar-refractivity contribution in [2.75, 3.05) is 8.86 Å². The van der Waals surface area contributed by atoms with Gasteiger partial charge in [-0.25, -0.2) is 0 Å². The third-order valence-corrected chi connectivity index (χ3v) is 3.04. The molecule has 0 saturated heterocycles. The molecule has 3 heteroatoms. The molecule has 1 radical (unpaired) electrons. The first-order valence-corrected chi connectivity index (χ1v) is 7.09. The molecule has 0 aromatic rings. The average Bonchev–Trinajstić information content (AvgIpc) is 1.97. The third-order valence-electron chi connectivity index (χ3n) is 1.52. The quantitative estimate of drug-likeness (QED) is 0.166. The minimum Gasteiger partial charge on any atom is -0.358 e. The molecule has 0 unspecified atom stereocenters. The van der Waals surface area contributed by atoms with Crippen molar-refractivity contribution in [1.29, 1.82) is 0 Å². The molecule has 0 bridgehead atoms. The molecule has 0 aliphatic rings. The first-order chi connectivity index (χ1) is 4.91. The van der Waals surface area contributed by atoms with E-state index in [1.165, 1.54) is 47.4 Å². The molecule has 0 aromatic carbocycles. The van der Waals surface area contributed by atoms with Crippen molar-refractivity contribution in [3.63, 3.8) is 0 Å². The molecule has 81 valence electrons. The molecular weight excluding hydrogens is 614 g/mol. The van der Waals surface area contributed by atoms with E-state index in [2.05, 4.69) is 45.2 Å². The number of unbranched alkanes of at least 4 members (excludes halogenated alkanes) is 5. The predicted molar refractivity (Wildman–Crippen MR) is 71.9 cm³/mol. The Morgan fingerprint density at radius 2 is 0.833 bits per heavy atom. The van der Waals surface area contributed by atoms with Gasteiger partial charge in [0.25, 0.3) is 0 Å². The summed E-state index contributed by atoms with van der Waals surface area (Å²) in [5, 5.41) is 0. The van der Waals surface area contributed by atoms with E-state index < -0.39 is 0 Å². The van der Waals surface area contributed by atoms with Crippen molar-refractivity contribution in [3.05, 3.63) is 7.43 Å². The van der Waals surface area contributed by atoms with E-state index in [9.17, 15) is 0 Å². The second kappa shape index (κ2) is 17.5. The zero-order valence-corrected chi connectivity index (χ0v) is 14.5. The van der Waals surface area contributed by atoms with Crippen LogP contribution in [0.1, 0.15) is 38.5 Å². The monoisotopic (exact) mass is 633 g/mol. The van der Waals surface area contributed by atoms with Gasteiger partial charge in [-0.3, -0.25) is 0 Å². The van der Waals surface area contributed by atoms with Crippen LogP contribution in [0.15, 0.2) is 0 Å².